The molecule has 210 valence electrons. The van der Waals surface area contributed by atoms with E-state index in [1.54, 1.807) is 0 Å². The summed E-state index contributed by atoms with van der Waals surface area (Å²) in [5.74, 6) is 1.27. The Hall–Kier alpha value is -4.96. The van der Waals surface area contributed by atoms with E-state index in [2.05, 4.69) is 123 Å². The maximum atomic E-state index is 6.26. The van der Waals surface area contributed by atoms with Crippen molar-refractivity contribution in [2.45, 2.75) is 44.4 Å². The van der Waals surface area contributed by atoms with Crippen LogP contribution in [-0.2, 0) is 5.41 Å². The van der Waals surface area contributed by atoms with Gasteiger partial charge in [-0.1, -0.05) is 112 Å². The molecule has 2 heterocycles. The van der Waals surface area contributed by atoms with E-state index in [1.165, 1.54) is 16.7 Å². The first kappa shape index (κ1) is 25.7. The predicted octanol–water partition coefficient (Wildman–Crippen LogP) is 10.4. The zero-order chi connectivity index (χ0) is 29.1. The summed E-state index contributed by atoms with van der Waals surface area (Å²) in [6.07, 6.45) is 11.6. The van der Waals surface area contributed by atoms with Crippen molar-refractivity contribution in [3.8, 4) is 0 Å². The van der Waals surface area contributed by atoms with Gasteiger partial charge in [-0.15, -0.1) is 0 Å². The van der Waals surface area contributed by atoms with Gasteiger partial charge in [0.15, 0.2) is 0 Å². The predicted molar refractivity (Wildman–Crippen MR) is 178 cm³/mol. The Bertz CT molecular complexity index is 2150. The number of allylic oxidation sites excluding steroid dienone is 6. The largest absolute Gasteiger partial charge is 0.456 e. The second kappa shape index (κ2) is 9.81. The Balaban J connectivity index is 1.32. The molecule has 2 aliphatic rings. The third kappa shape index (κ3) is 4.04. The Kier molecular flexibility index (Phi) is 5.87. The molecule has 0 radical (unpaired) electrons. The van der Waals surface area contributed by atoms with Gasteiger partial charge in [0, 0.05) is 22.4 Å². The molecule has 2 aromatic heterocycles. The minimum atomic E-state index is -0.0198. The van der Waals surface area contributed by atoms with Crippen LogP contribution in [0, 0.1) is 0 Å². The fourth-order valence-corrected chi connectivity index (χ4v) is 7.55. The van der Waals surface area contributed by atoms with Crippen molar-refractivity contribution in [1.82, 2.24) is 9.97 Å². The summed E-state index contributed by atoms with van der Waals surface area (Å²) < 4.78 is 6.26. The van der Waals surface area contributed by atoms with Crippen LogP contribution < -0.4 is 5.32 Å². The van der Waals surface area contributed by atoms with Gasteiger partial charge in [-0.3, -0.25) is 0 Å². The van der Waals surface area contributed by atoms with E-state index >= 15 is 0 Å². The molecular formula is C39H33N3O. The maximum absolute atomic E-state index is 6.26. The van der Waals surface area contributed by atoms with Gasteiger partial charge in [-0.2, -0.15) is 0 Å². The average molecular weight is 560 g/mol. The lowest BCUT2D eigenvalue weighted by Crippen LogP contribution is -2.24. The molecule has 2 aliphatic carbocycles. The van der Waals surface area contributed by atoms with Crippen LogP contribution in [0.15, 0.2) is 120 Å². The number of furan rings is 1. The number of nitrogens with one attached hydrogen (secondary N) is 1. The smallest absolute Gasteiger partial charge is 0.228 e. The zero-order valence-electron chi connectivity index (χ0n) is 24.6. The minimum Gasteiger partial charge on any atom is -0.456 e. The van der Waals surface area contributed by atoms with Gasteiger partial charge in [0.2, 0.25) is 5.95 Å². The SMILES string of the molecule is CC1c2ccccc2C(C)(C)C1c1ccccc1Nc1nc(C2=CCC=CC=C2)c2ccc3oc4ccccc4c3c2n1. The van der Waals surface area contributed by atoms with Crippen LogP contribution in [0.25, 0.3) is 38.4 Å². The van der Waals surface area contributed by atoms with Gasteiger partial charge >= 0.3 is 0 Å². The summed E-state index contributed by atoms with van der Waals surface area (Å²) in [6.45, 7) is 7.11. The molecule has 0 bridgehead atoms. The molecule has 1 N–H and O–H groups in total. The number of benzene rings is 4. The first-order chi connectivity index (χ1) is 21.0. The first-order valence-electron chi connectivity index (χ1n) is 15.1. The summed E-state index contributed by atoms with van der Waals surface area (Å²) >= 11 is 0. The van der Waals surface area contributed by atoms with Crippen molar-refractivity contribution >= 4 is 50.1 Å². The van der Waals surface area contributed by atoms with Crippen molar-refractivity contribution in [2.75, 3.05) is 5.32 Å². The molecule has 0 aliphatic heterocycles. The molecule has 2 unspecified atom stereocenters. The number of para-hydroxylation sites is 2. The van der Waals surface area contributed by atoms with Crippen molar-refractivity contribution in [2.24, 2.45) is 0 Å². The maximum Gasteiger partial charge on any atom is 0.228 e. The van der Waals surface area contributed by atoms with Crippen molar-refractivity contribution in [3.63, 3.8) is 0 Å². The average Bonchev–Trinajstić information content (AvgIpc) is 3.33. The standard InChI is InChI=1S/C39H33N3O/c1-24-26-16-8-11-19-30(26)39(2,3)35(24)27-17-9-12-20-31(27)40-38-41-36(25-14-6-4-5-7-15-25)29-22-23-33-34(37(29)42-38)28-18-10-13-21-32(28)43-33/h4-6,8-24,35H,7H2,1-3H3,(H,40,41,42). The Morgan fingerprint density at radius 2 is 1.58 bits per heavy atom. The van der Waals surface area contributed by atoms with Crippen molar-refractivity contribution < 1.29 is 4.42 Å². The van der Waals surface area contributed by atoms with E-state index in [4.69, 9.17) is 14.4 Å². The van der Waals surface area contributed by atoms with E-state index in [-0.39, 0.29) is 5.41 Å². The Morgan fingerprint density at radius 3 is 2.47 bits per heavy atom. The molecule has 0 spiro atoms. The lowest BCUT2D eigenvalue weighted by Gasteiger charge is -2.32. The van der Waals surface area contributed by atoms with E-state index in [9.17, 15) is 0 Å². The van der Waals surface area contributed by atoms with Gasteiger partial charge in [0.1, 0.15) is 11.2 Å². The van der Waals surface area contributed by atoms with Gasteiger partial charge in [0.25, 0.3) is 0 Å². The molecule has 4 aromatic carbocycles. The second-order valence-electron chi connectivity index (χ2n) is 12.3. The van der Waals surface area contributed by atoms with Crippen LogP contribution in [0.4, 0.5) is 11.6 Å². The number of hydrogen-bond acceptors (Lipinski definition) is 4. The molecule has 2 atom stereocenters. The van der Waals surface area contributed by atoms with Gasteiger partial charge in [0.05, 0.1) is 16.6 Å². The molecule has 0 amide bonds. The fraction of sp³-hybridized carbons (Fsp3) is 0.179. The van der Waals surface area contributed by atoms with Crippen LogP contribution in [0.2, 0.25) is 0 Å². The fourth-order valence-electron chi connectivity index (χ4n) is 7.55. The third-order valence-electron chi connectivity index (χ3n) is 9.44. The molecule has 4 heteroatoms. The molecule has 0 fully saturated rings. The van der Waals surface area contributed by atoms with Crippen LogP contribution in [0.5, 0.6) is 0 Å². The number of rotatable bonds is 4. The molecule has 4 nitrogen and oxygen atoms in total. The Labute approximate surface area is 251 Å². The number of fused-ring (bicyclic) bond motifs is 6. The highest BCUT2D eigenvalue weighted by molar-refractivity contribution is 6.18. The summed E-state index contributed by atoms with van der Waals surface area (Å²) in [5.41, 5.74) is 9.76. The number of anilines is 2. The summed E-state index contributed by atoms with van der Waals surface area (Å²) in [7, 11) is 0. The molecular weight excluding hydrogens is 526 g/mol. The monoisotopic (exact) mass is 559 g/mol. The lowest BCUT2D eigenvalue weighted by molar-refractivity contribution is 0.412. The Morgan fingerprint density at radius 1 is 0.791 bits per heavy atom. The number of aromatic nitrogens is 2. The minimum absolute atomic E-state index is 0.0198. The molecule has 6 aromatic rings. The van der Waals surface area contributed by atoms with Crippen LogP contribution >= 0.6 is 0 Å². The summed E-state index contributed by atoms with van der Waals surface area (Å²) in [6, 6.07) is 29.9. The summed E-state index contributed by atoms with van der Waals surface area (Å²) in [4.78, 5) is 10.4. The van der Waals surface area contributed by atoms with Crippen LogP contribution in [0.3, 0.4) is 0 Å². The van der Waals surface area contributed by atoms with Gasteiger partial charge in [-0.25, -0.2) is 9.97 Å². The first-order valence-corrected chi connectivity index (χ1v) is 15.1. The van der Waals surface area contributed by atoms with Crippen LogP contribution in [-0.4, -0.2) is 9.97 Å². The van der Waals surface area contributed by atoms with Crippen molar-refractivity contribution in [3.05, 3.63) is 138 Å². The molecule has 8 rings (SSSR count). The summed E-state index contributed by atoms with van der Waals surface area (Å²) in [5, 5.41) is 6.80. The lowest BCUT2D eigenvalue weighted by atomic mass is 9.72. The highest BCUT2D eigenvalue weighted by Crippen LogP contribution is 2.56. The molecule has 43 heavy (non-hydrogen) atoms. The molecule has 0 saturated heterocycles. The highest BCUT2D eigenvalue weighted by atomic mass is 16.3. The van der Waals surface area contributed by atoms with E-state index in [1.807, 2.05) is 18.2 Å². The van der Waals surface area contributed by atoms with Crippen molar-refractivity contribution in [1.29, 1.82) is 0 Å². The van der Waals surface area contributed by atoms with Crippen LogP contribution in [0.1, 0.15) is 61.4 Å². The topological polar surface area (TPSA) is 51.0 Å². The second-order valence-corrected chi connectivity index (χ2v) is 12.3. The number of nitrogens with zero attached hydrogens (tertiary/aromatic N) is 2. The van der Waals surface area contributed by atoms with E-state index in [0.717, 1.165) is 56.2 Å². The quantitative estimate of drug-likeness (QED) is 0.233. The van der Waals surface area contributed by atoms with E-state index < -0.39 is 0 Å². The highest BCUT2D eigenvalue weighted by Gasteiger charge is 2.45. The zero-order valence-corrected chi connectivity index (χ0v) is 24.6. The number of hydrogen-bond donors (Lipinski definition) is 1. The van der Waals surface area contributed by atoms with Gasteiger partial charge < -0.3 is 9.73 Å². The van der Waals surface area contributed by atoms with E-state index in [0.29, 0.717) is 17.8 Å². The third-order valence-corrected chi connectivity index (χ3v) is 9.44. The normalized spacial score (nSPS) is 19.1. The molecule has 0 saturated carbocycles. The van der Waals surface area contributed by atoms with Gasteiger partial charge in [-0.05, 0) is 64.3 Å².